The minimum Gasteiger partial charge on any atom is -0.371 e. The number of nitrogens with two attached hydrogens (primary N) is 1. The number of carbonyl (C=O) groups excluding carboxylic acids is 5. The van der Waals surface area contributed by atoms with E-state index in [0.717, 1.165) is 101 Å². The first-order chi connectivity index (χ1) is 29.3. The normalized spacial score (nSPS) is 24.5. The average molecular weight is 830 g/mol. The minimum atomic E-state index is -0.820. The monoisotopic (exact) mass is 829 g/mol. The molecule has 5 fully saturated rings. The van der Waals surface area contributed by atoms with Crippen molar-refractivity contribution < 1.29 is 24.0 Å². The second kappa shape index (κ2) is 16.1. The Labute approximate surface area is 356 Å². The molecule has 0 spiro atoms. The van der Waals surface area contributed by atoms with Gasteiger partial charge in [0.25, 0.3) is 17.7 Å². The summed E-state index contributed by atoms with van der Waals surface area (Å²) in [4.78, 5) is 85.6. The van der Waals surface area contributed by atoms with E-state index in [0.29, 0.717) is 53.8 Å². The number of aromatic nitrogens is 2. The molecule has 1 unspecified atom stereocenters. The number of imide groups is 1. The second-order valence-corrected chi connectivity index (χ2v) is 18.0. The van der Waals surface area contributed by atoms with Crippen molar-refractivity contribution in [2.24, 2.45) is 11.7 Å². The summed E-state index contributed by atoms with van der Waals surface area (Å²) in [5.74, 6) is -0.400. The van der Waals surface area contributed by atoms with Crippen molar-refractivity contribution in [3.05, 3.63) is 83.3 Å². The molecule has 6 aliphatic heterocycles. The first kappa shape index (κ1) is 40.4. The third kappa shape index (κ3) is 7.77. The van der Waals surface area contributed by atoms with Crippen LogP contribution in [0.3, 0.4) is 0 Å². The smallest absolute Gasteiger partial charge is 0.320 e. The van der Waals surface area contributed by atoms with Gasteiger partial charge < -0.3 is 40.9 Å². The molecule has 5 saturated heterocycles. The van der Waals surface area contributed by atoms with Gasteiger partial charge in [0, 0.05) is 69.9 Å². The molecule has 0 saturated carbocycles. The molecule has 16 heteroatoms. The number of nitrogens with one attached hydrogen (secondary N) is 2. The predicted molar refractivity (Wildman–Crippen MR) is 231 cm³/mol. The van der Waals surface area contributed by atoms with Gasteiger partial charge in [-0.05, 0) is 105 Å². The number of likely N-dealkylation sites (N-methyl/N-ethyl adjacent to an activating group) is 1. The topological polar surface area (TPSA) is 181 Å². The molecule has 3 aromatic rings. The van der Waals surface area contributed by atoms with E-state index in [4.69, 9.17) is 10.7 Å². The van der Waals surface area contributed by atoms with Gasteiger partial charge in [0.2, 0.25) is 5.91 Å². The number of fused-ring (bicyclic) bond motifs is 1. The van der Waals surface area contributed by atoms with Crippen LogP contribution < -0.4 is 26.2 Å². The van der Waals surface area contributed by atoms with Gasteiger partial charge in [-0.2, -0.15) is 0 Å². The van der Waals surface area contributed by atoms with Crippen LogP contribution in [0.15, 0.2) is 60.9 Å². The number of rotatable bonds is 10. The van der Waals surface area contributed by atoms with Crippen LogP contribution in [0, 0.1) is 5.92 Å². The van der Waals surface area contributed by atoms with Gasteiger partial charge in [0.15, 0.2) is 11.5 Å². The van der Waals surface area contributed by atoms with E-state index in [1.165, 1.54) is 5.56 Å². The Morgan fingerprint density at radius 3 is 2.41 bits per heavy atom. The second-order valence-electron chi connectivity index (χ2n) is 18.0. The molecule has 7 heterocycles. The molecule has 0 aliphatic carbocycles. The van der Waals surface area contributed by atoms with Crippen molar-refractivity contribution in [2.45, 2.75) is 69.4 Å². The molecule has 16 nitrogen and oxygen atoms in total. The summed E-state index contributed by atoms with van der Waals surface area (Å²) in [5.41, 5.74) is 10.1. The number of amides is 6. The molecule has 0 radical (unpaired) electrons. The van der Waals surface area contributed by atoms with Crippen LogP contribution in [0.5, 0.6) is 0 Å². The van der Waals surface area contributed by atoms with E-state index in [9.17, 15) is 24.0 Å². The maximum Gasteiger partial charge on any atom is 0.320 e. The van der Waals surface area contributed by atoms with Gasteiger partial charge >= 0.3 is 6.03 Å². The number of carbonyl (C=O) groups is 5. The van der Waals surface area contributed by atoms with Crippen molar-refractivity contribution >= 4 is 52.7 Å². The number of hydrogen-bond acceptors (Lipinski definition) is 11. The summed E-state index contributed by atoms with van der Waals surface area (Å²) in [5, 5.41) is 6.01. The fraction of sp³-hybridized carbons (Fsp3) is 0.489. The SMILES string of the molecule is C=C1CCC(N2C(=O)c3ccc(N4CC[C@H](CN5CCC(C)(c6ccc(Nc7nc(N8CCC[C@@H](N9CCN(C)C9=O)C8)cnc7C(N)=O)cc6)CC5)C4)cc3C2=O)C(=O)N1. The maximum absolute atomic E-state index is 13.5. The lowest BCUT2D eigenvalue weighted by Gasteiger charge is -2.40. The van der Waals surface area contributed by atoms with Gasteiger partial charge in [-0.1, -0.05) is 25.6 Å². The quantitative estimate of drug-likeness (QED) is 0.252. The van der Waals surface area contributed by atoms with Crippen LogP contribution in [0.2, 0.25) is 0 Å². The highest BCUT2D eigenvalue weighted by atomic mass is 16.2. The maximum atomic E-state index is 13.5. The molecule has 2 aromatic carbocycles. The lowest BCUT2D eigenvalue weighted by Crippen LogP contribution is -2.51. The zero-order valence-corrected chi connectivity index (χ0v) is 35.1. The number of allylic oxidation sites excluding steroid dienone is 1. The Morgan fingerprint density at radius 2 is 1.69 bits per heavy atom. The van der Waals surface area contributed by atoms with E-state index in [1.807, 2.05) is 36.2 Å². The summed E-state index contributed by atoms with van der Waals surface area (Å²) in [7, 11) is 1.83. The van der Waals surface area contributed by atoms with Gasteiger partial charge in [0.05, 0.1) is 23.4 Å². The Balaban J connectivity index is 0.787. The number of piperidine rings is 3. The van der Waals surface area contributed by atoms with E-state index in [2.05, 4.69) is 56.0 Å². The lowest BCUT2D eigenvalue weighted by atomic mass is 9.74. The van der Waals surface area contributed by atoms with Gasteiger partial charge in [0.1, 0.15) is 11.9 Å². The standard InChI is InChI=1S/C45H55N11O5/c1-28-6-13-36(41(58)48-28)56-42(59)34-12-11-32(23-35(34)43(56)60)53-18-14-29(26-53)25-52-19-15-45(2,16-20-52)30-7-9-31(10-8-30)49-40-38(39(46)57)47-24-37(50-40)54-17-4-5-33(27-54)55-22-21-51(3)44(55)61/h7-12,23-24,29,33,36H,1,4-6,13-22,25-27H2,2-3H3,(H2,46,57)(H,48,58)(H,49,50)/t29-,33-,36?/m1/s1. The number of likely N-dealkylation sites (tertiary alicyclic amines) is 1. The van der Waals surface area contributed by atoms with Crippen LogP contribution in [0.25, 0.3) is 0 Å². The number of anilines is 4. The van der Waals surface area contributed by atoms with Crippen LogP contribution in [-0.4, -0.2) is 137 Å². The molecule has 61 heavy (non-hydrogen) atoms. The minimum absolute atomic E-state index is 0.0136. The van der Waals surface area contributed by atoms with Crippen molar-refractivity contribution in [3.63, 3.8) is 0 Å². The average Bonchev–Trinajstić information content (AvgIpc) is 3.93. The molecular weight excluding hydrogens is 775 g/mol. The van der Waals surface area contributed by atoms with Crippen molar-refractivity contribution in [1.82, 2.24) is 34.9 Å². The van der Waals surface area contributed by atoms with Crippen LogP contribution in [0.4, 0.5) is 27.8 Å². The van der Waals surface area contributed by atoms with Crippen LogP contribution in [0.1, 0.15) is 88.6 Å². The molecule has 320 valence electrons. The zero-order valence-electron chi connectivity index (χ0n) is 35.1. The summed E-state index contributed by atoms with van der Waals surface area (Å²) < 4.78 is 0. The van der Waals surface area contributed by atoms with Crippen molar-refractivity contribution in [3.8, 4) is 0 Å². The van der Waals surface area contributed by atoms with Gasteiger partial charge in [-0.3, -0.25) is 24.1 Å². The van der Waals surface area contributed by atoms with Crippen molar-refractivity contribution in [1.29, 1.82) is 0 Å². The summed E-state index contributed by atoms with van der Waals surface area (Å²) >= 11 is 0. The van der Waals surface area contributed by atoms with Gasteiger partial charge in [-0.25, -0.2) is 14.8 Å². The summed E-state index contributed by atoms with van der Waals surface area (Å²) in [6, 6.07) is 13.2. The molecule has 1 aromatic heterocycles. The Kier molecular flexibility index (Phi) is 10.7. The van der Waals surface area contributed by atoms with Crippen LogP contribution in [-0.2, 0) is 10.2 Å². The summed E-state index contributed by atoms with van der Waals surface area (Å²) in [6.07, 6.45) is 7.46. The third-order valence-corrected chi connectivity index (χ3v) is 13.9. The Hall–Kier alpha value is -6.03. The fourth-order valence-electron chi connectivity index (χ4n) is 10.2. The highest BCUT2D eigenvalue weighted by Crippen LogP contribution is 2.38. The third-order valence-electron chi connectivity index (χ3n) is 13.9. The number of primary amides is 1. The highest BCUT2D eigenvalue weighted by molar-refractivity contribution is 6.23. The first-order valence-corrected chi connectivity index (χ1v) is 21.6. The van der Waals surface area contributed by atoms with Crippen LogP contribution >= 0.6 is 0 Å². The lowest BCUT2D eigenvalue weighted by molar-refractivity contribution is -0.125. The number of nitrogens with zero attached hydrogens (tertiary/aromatic N) is 8. The van der Waals surface area contributed by atoms with Crippen molar-refractivity contribution in [2.75, 3.05) is 81.1 Å². The summed E-state index contributed by atoms with van der Waals surface area (Å²) in [6.45, 7) is 13.8. The number of benzene rings is 2. The predicted octanol–water partition coefficient (Wildman–Crippen LogP) is 3.92. The number of urea groups is 1. The first-order valence-electron chi connectivity index (χ1n) is 21.6. The Bertz CT molecular complexity index is 2270. The van der Waals surface area contributed by atoms with E-state index < -0.39 is 23.8 Å². The Morgan fingerprint density at radius 1 is 0.918 bits per heavy atom. The van der Waals surface area contributed by atoms with E-state index >= 15 is 0 Å². The highest BCUT2D eigenvalue weighted by Gasteiger charge is 2.44. The molecule has 0 bridgehead atoms. The molecule has 9 rings (SSSR count). The van der Waals surface area contributed by atoms with E-state index in [-0.39, 0.29) is 29.1 Å². The molecule has 3 atom stereocenters. The molecular formula is C45H55N11O5. The largest absolute Gasteiger partial charge is 0.371 e. The molecule has 4 N–H and O–H groups in total. The van der Waals surface area contributed by atoms with E-state index in [1.54, 1.807) is 17.2 Å². The zero-order chi connectivity index (χ0) is 42.6. The molecule has 6 aliphatic rings. The number of hydrogen-bond donors (Lipinski definition) is 3. The fourth-order valence-corrected chi connectivity index (χ4v) is 10.2. The molecule has 6 amide bonds. The van der Waals surface area contributed by atoms with Gasteiger partial charge in [-0.15, -0.1) is 0 Å².